The quantitative estimate of drug-likeness (QED) is 0.733. The van der Waals surface area contributed by atoms with Crippen molar-refractivity contribution in [2.24, 2.45) is 0 Å². The smallest absolute Gasteiger partial charge is 0.313 e. The molecule has 8 heteroatoms. The summed E-state index contributed by atoms with van der Waals surface area (Å²) >= 11 is 0. The number of nitrogens with one attached hydrogen (secondary N) is 2. The van der Waals surface area contributed by atoms with Gasteiger partial charge in [0.15, 0.2) is 0 Å². The summed E-state index contributed by atoms with van der Waals surface area (Å²) in [7, 11) is -3.46. The molecule has 0 spiro atoms. The number of carbonyl (C=O) groups is 2. The molecule has 0 unspecified atom stereocenters. The monoisotopic (exact) mass is 415 g/mol. The molecule has 1 aliphatic heterocycles. The highest BCUT2D eigenvalue weighted by Crippen LogP contribution is 2.21. The fourth-order valence-electron chi connectivity index (χ4n) is 3.35. The largest absolute Gasteiger partial charge is 0.344 e. The van der Waals surface area contributed by atoms with E-state index in [2.05, 4.69) is 10.6 Å². The Balaban J connectivity index is 1.56. The fourth-order valence-corrected chi connectivity index (χ4v) is 4.87. The van der Waals surface area contributed by atoms with Crippen LogP contribution in [0.4, 0.5) is 5.69 Å². The van der Waals surface area contributed by atoms with E-state index >= 15 is 0 Å². The van der Waals surface area contributed by atoms with Gasteiger partial charge in [0.2, 0.25) is 10.0 Å². The molecular formula is C21H25N3O4S. The van der Waals surface area contributed by atoms with Gasteiger partial charge < -0.3 is 10.6 Å². The van der Waals surface area contributed by atoms with Gasteiger partial charge in [-0.3, -0.25) is 9.59 Å². The van der Waals surface area contributed by atoms with Crippen molar-refractivity contribution in [1.29, 1.82) is 0 Å². The molecule has 7 nitrogen and oxygen atoms in total. The highest BCUT2D eigenvalue weighted by molar-refractivity contribution is 7.89. The highest BCUT2D eigenvalue weighted by Gasteiger charge is 2.26. The summed E-state index contributed by atoms with van der Waals surface area (Å²) in [6.45, 7) is 5.06. The predicted molar refractivity (Wildman–Crippen MR) is 111 cm³/mol. The van der Waals surface area contributed by atoms with Gasteiger partial charge in [-0.25, -0.2) is 8.42 Å². The second-order valence-electron chi connectivity index (χ2n) is 7.27. The van der Waals surface area contributed by atoms with E-state index < -0.39 is 21.8 Å². The molecule has 1 heterocycles. The second kappa shape index (κ2) is 8.75. The number of rotatable bonds is 5. The Morgan fingerprint density at radius 2 is 1.52 bits per heavy atom. The number of sulfonamides is 1. The van der Waals surface area contributed by atoms with Crippen LogP contribution in [0.15, 0.2) is 47.4 Å². The molecule has 154 valence electrons. The van der Waals surface area contributed by atoms with Crippen molar-refractivity contribution in [1.82, 2.24) is 9.62 Å². The number of aryl methyl sites for hydroxylation is 2. The number of hydrogen-bond donors (Lipinski definition) is 2. The molecule has 1 fully saturated rings. The SMILES string of the molecule is Cc1cc(C)cc(NC(=O)C(=O)NCc2ccc(S(=O)(=O)N3CCCC3)cc2)c1. The first-order valence-electron chi connectivity index (χ1n) is 9.52. The number of hydrogen-bond acceptors (Lipinski definition) is 4. The fraction of sp³-hybridized carbons (Fsp3) is 0.333. The van der Waals surface area contributed by atoms with E-state index in [-0.39, 0.29) is 11.4 Å². The van der Waals surface area contributed by atoms with E-state index in [0.29, 0.717) is 24.3 Å². The van der Waals surface area contributed by atoms with Gasteiger partial charge >= 0.3 is 11.8 Å². The summed E-state index contributed by atoms with van der Waals surface area (Å²) in [6, 6.07) is 11.9. The van der Waals surface area contributed by atoms with Gasteiger partial charge in [-0.05, 0) is 67.6 Å². The van der Waals surface area contributed by atoms with E-state index in [1.54, 1.807) is 24.3 Å². The first-order chi connectivity index (χ1) is 13.8. The molecule has 2 N–H and O–H groups in total. The van der Waals surface area contributed by atoms with Crippen LogP contribution in [0.25, 0.3) is 0 Å². The molecular weight excluding hydrogens is 390 g/mol. The highest BCUT2D eigenvalue weighted by atomic mass is 32.2. The molecule has 0 radical (unpaired) electrons. The van der Waals surface area contributed by atoms with Crippen molar-refractivity contribution in [3.63, 3.8) is 0 Å². The second-order valence-corrected chi connectivity index (χ2v) is 9.21. The molecule has 2 aromatic rings. The number of benzene rings is 2. The van der Waals surface area contributed by atoms with Crippen molar-refractivity contribution in [3.8, 4) is 0 Å². The molecule has 1 saturated heterocycles. The Labute approximate surface area is 171 Å². The summed E-state index contributed by atoms with van der Waals surface area (Å²) in [6.07, 6.45) is 1.76. The number of anilines is 1. The van der Waals surface area contributed by atoms with Gasteiger partial charge in [0.25, 0.3) is 0 Å². The van der Waals surface area contributed by atoms with Gasteiger partial charge in [-0.1, -0.05) is 18.2 Å². The Hall–Kier alpha value is -2.71. The van der Waals surface area contributed by atoms with Gasteiger partial charge in [0.1, 0.15) is 0 Å². The average Bonchev–Trinajstić information content (AvgIpc) is 3.21. The molecule has 0 saturated carbocycles. The van der Waals surface area contributed by atoms with Gasteiger partial charge in [0.05, 0.1) is 4.90 Å². The Morgan fingerprint density at radius 3 is 2.10 bits per heavy atom. The summed E-state index contributed by atoms with van der Waals surface area (Å²) in [5, 5.41) is 5.13. The van der Waals surface area contributed by atoms with E-state index in [1.807, 2.05) is 19.9 Å². The summed E-state index contributed by atoms with van der Waals surface area (Å²) in [5.74, 6) is -1.50. The molecule has 2 aromatic carbocycles. The van der Waals surface area contributed by atoms with E-state index in [1.165, 1.54) is 16.4 Å². The topological polar surface area (TPSA) is 95.6 Å². The number of nitrogens with zero attached hydrogens (tertiary/aromatic N) is 1. The van der Waals surface area contributed by atoms with E-state index in [9.17, 15) is 18.0 Å². The minimum absolute atomic E-state index is 0.128. The summed E-state index contributed by atoms with van der Waals surface area (Å²) in [5.41, 5.74) is 3.26. The van der Waals surface area contributed by atoms with Crippen LogP contribution in [-0.2, 0) is 26.2 Å². The Bertz CT molecular complexity index is 990. The summed E-state index contributed by atoms with van der Waals surface area (Å²) < 4.78 is 26.5. The molecule has 2 amide bonds. The maximum atomic E-state index is 12.5. The van der Waals surface area contributed by atoms with E-state index in [0.717, 1.165) is 24.0 Å². The average molecular weight is 416 g/mol. The maximum absolute atomic E-state index is 12.5. The van der Waals surface area contributed by atoms with Crippen LogP contribution in [0.2, 0.25) is 0 Å². The standard InChI is InChI=1S/C21H25N3O4S/c1-15-11-16(2)13-18(12-15)23-21(26)20(25)22-14-17-5-7-19(8-6-17)29(27,28)24-9-3-4-10-24/h5-8,11-13H,3-4,9-10,14H2,1-2H3,(H,22,25)(H,23,26). The normalized spacial score (nSPS) is 14.6. The van der Waals surface area contributed by atoms with Gasteiger partial charge in [0, 0.05) is 25.3 Å². The van der Waals surface area contributed by atoms with Crippen LogP contribution in [0.5, 0.6) is 0 Å². The van der Waals surface area contributed by atoms with Gasteiger partial charge in [-0.15, -0.1) is 0 Å². The van der Waals surface area contributed by atoms with Crippen LogP contribution in [0, 0.1) is 13.8 Å². The maximum Gasteiger partial charge on any atom is 0.313 e. The lowest BCUT2D eigenvalue weighted by molar-refractivity contribution is -0.136. The molecule has 0 aliphatic carbocycles. The van der Waals surface area contributed by atoms with Crippen LogP contribution in [0.3, 0.4) is 0 Å². The molecule has 0 bridgehead atoms. The molecule has 3 rings (SSSR count). The first-order valence-corrected chi connectivity index (χ1v) is 11.0. The third-order valence-corrected chi connectivity index (χ3v) is 6.68. The summed E-state index contributed by atoms with van der Waals surface area (Å²) in [4.78, 5) is 24.4. The van der Waals surface area contributed by atoms with Crippen LogP contribution < -0.4 is 10.6 Å². The molecule has 29 heavy (non-hydrogen) atoms. The lowest BCUT2D eigenvalue weighted by Crippen LogP contribution is -2.35. The third kappa shape index (κ3) is 5.21. The zero-order valence-electron chi connectivity index (χ0n) is 16.6. The van der Waals surface area contributed by atoms with E-state index in [4.69, 9.17) is 0 Å². The lowest BCUT2D eigenvalue weighted by Gasteiger charge is -2.15. The zero-order valence-corrected chi connectivity index (χ0v) is 17.4. The number of amides is 2. The Morgan fingerprint density at radius 1 is 0.931 bits per heavy atom. The van der Waals surface area contributed by atoms with Crippen molar-refractivity contribution in [3.05, 3.63) is 59.2 Å². The van der Waals surface area contributed by atoms with Crippen molar-refractivity contribution >= 4 is 27.5 Å². The minimum Gasteiger partial charge on any atom is -0.344 e. The molecule has 0 aromatic heterocycles. The zero-order chi connectivity index (χ0) is 21.0. The van der Waals surface area contributed by atoms with Crippen LogP contribution in [-0.4, -0.2) is 37.6 Å². The Kier molecular flexibility index (Phi) is 6.34. The van der Waals surface area contributed by atoms with Gasteiger partial charge in [-0.2, -0.15) is 4.31 Å². The van der Waals surface area contributed by atoms with Crippen molar-refractivity contribution < 1.29 is 18.0 Å². The third-order valence-electron chi connectivity index (χ3n) is 4.77. The van der Waals surface area contributed by atoms with Crippen molar-refractivity contribution in [2.75, 3.05) is 18.4 Å². The molecule has 1 aliphatic rings. The van der Waals surface area contributed by atoms with Crippen molar-refractivity contribution in [2.45, 2.75) is 38.1 Å². The van der Waals surface area contributed by atoms with Crippen LogP contribution >= 0.6 is 0 Å². The molecule has 0 atom stereocenters. The first kappa shape index (κ1) is 21.0. The lowest BCUT2D eigenvalue weighted by atomic mass is 10.1. The number of carbonyl (C=O) groups excluding carboxylic acids is 2. The predicted octanol–water partition coefficient (Wildman–Crippen LogP) is 2.34. The minimum atomic E-state index is -3.46. The van der Waals surface area contributed by atoms with Crippen LogP contribution in [0.1, 0.15) is 29.5 Å².